The number of carbonyl (C=O) groups is 2. The second-order valence-corrected chi connectivity index (χ2v) is 5.53. The van der Waals surface area contributed by atoms with Crippen molar-refractivity contribution in [1.29, 1.82) is 0 Å². The predicted molar refractivity (Wildman–Crippen MR) is 97.3 cm³/mol. The molecule has 0 aliphatic rings. The molecule has 5 nitrogen and oxygen atoms in total. The van der Waals surface area contributed by atoms with Gasteiger partial charge in [0, 0.05) is 11.3 Å². The molecule has 0 aromatic heterocycles. The van der Waals surface area contributed by atoms with E-state index in [0.29, 0.717) is 35.6 Å². The number of nitrogens with one attached hydrogen (secondary N) is 1. The lowest BCUT2D eigenvalue weighted by Crippen LogP contribution is -2.14. The molecule has 0 heterocycles. The van der Waals surface area contributed by atoms with Crippen LogP contribution in [0.2, 0.25) is 0 Å². The fourth-order valence-electron chi connectivity index (χ4n) is 2.32. The van der Waals surface area contributed by atoms with Crippen LogP contribution in [-0.4, -0.2) is 25.1 Å². The minimum atomic E-state index is -0.395. The molecule has 25 heavy (non-hydrogen) atoms. The standard InChI is InChI=1S/C20H23NO4/c1-4-13-25-16-11-9-15(10-12-16)19(22)21-18-8-6-7-17(14(18)3)20(23)24-5-2/h6-12H,4-5,13H2,1-3H3,(H,21,22). The van der Waals surface area contributed by atoms with Crippen LogP contribution in [0.15, 0.2) is 42.5 Å². The van der Waals surface area contributed by atoms with E-state index in [1.807, 2.05) is 6.92 Å². The molecule has 1 N–H and O–H groups in total. The molecule has 0 saturated carbocycles. The Morgan fingerprint density at radius 3 is 2.40 bits per heavy atom. The third-order valence-electron chi connectivity index (χ3n) is 3.67. The Labute approximate surface area is 148 Å². The van der Waals surface area contributed by atoms with E-state index >= 15 is 0 Å². The molecule has 0 aliphatic heterocycles. The predicted octanol–water partition coefficient (Wildman–Crippen LogP) is 4.21. The van der Waals surface area contributed by atoms with E-state index in [2.05, 4.69) is 5.32 Å². The Morgan fingerprint density at radius 1 is 1.04 bits per heavy atom. The van der Waals surface area contributed by atoms with E-state index in [1.54, 1.807) is 56.3 Å². The zero-order chi connectivity index (χ0) is 18.2. The summed E-state index contributed by atoms with van der Waals surface area (Å²) in [6, 6.07) is 12.1. The molecular weight excluding hydrogens is 318 g/mol. The van der Waals surface area contributed by atoms with Crippen molar-refractivity contribution < 1.29 is 19.1 Å². The first-order valence-electron chi connectivity index (χ1n) is 8.37. The van der Waals surface area contributed by atoms with Crippen molar-refractivity contribution in [1.82, 2.24) is 0 Å². The van der Waals surface area contributed by atoms with E-state index in [-0.39, 0.29) is 5.91 Å². The van der Waals surface area contributed by atoms with Crippen molar-refractivity contribution in [2.24, 2.45) is 0 Å². The number of esters is 1. The average molecular weight is 341 g/mol. The van der Waals surface area contributed by atoms with Crippen molar-refractivity contribution in [3.8, 4) is 5.75 Å². The molecule has 0 spiro atoms. The summed E-state index contributed by atoms with van der Waals surface area (Å²) in [5, 5.41) is 2.84. The first-order valence-corrected chi connectivity index (χ1v) is 8.37. The minimum Gasteiger partial charge on any atom is -0.494 e. The molecule has 132 valence electrons. The first kappa shape index (κ1) is 18.5. The van der Waals surface area contributed by atoms with Crippen molar-refractivity contribution in [2.75, 3.05) is 18.5 Å². The third kappa shape index (κ3) is 4.83. The Balaban J connectivity index is 2.12. The van der Waals surface area contributed by atoms with Gasteiger partial charge in [0.15, 0.2) is 0 Å². The Bertz CT molecular complexity index is 738. The molecule has 5 heteroatoms. The fourth-order valence-corrected chi connectivity index (χ4v) is 2.32. The van der Waals surface area contributed by atoms with Gasteiger partial charge in [0.05, 0.1) is 18.8 Å². The van der Waals surface area contributed by atoms with Crippen molar-refractivity contribution in [3.05, 3.63) is 59.2 Å². The summed E-state index contributed by atoms with van der Waals surface area (Å²) in [5.74, 6) is 0.0959. The second kappa shape index (κ2) is 8.87. The Kier molecular flexibility index (Phi) is 6.57. The van der Waals surface area contributed by atoms with Crippen LogP contribution in [-0.2, 0) is 4.74 Å². The largest absolute Gasteiger partial charge is 0.494 e. The van der Waals surface area contributed by atoms with Crippen molar-refractivity contribution in [2.45, 2.75) is 27.2 Å². The van der Waals surface area contributed by atoms with E-state index in [9.17, 15) is 9.59 Å². The van der Waals surface area contributed by atoms with Crippen LogP contribution in [0.5, 0.6) is 5.75 Å². The first-order chi connectivity index (χ1) is 12.1. The van der Waals surface area contributed by atoms with Gasteiger partial charge in [-0.1, -0.05) is 13.0 Å². The van der Waals surface area contributed by atoms with E-state index in [1.165, 1.54) is 0 Å². The maximum Gasteiger partial charge on any atom is 0.338 e. The molecule has 1 amide bonds. The summed E-state index contributed by atoms with van der Waals surface area (Å²) in [7, 11) is 0. The van der Waals surface area contributed by atoms with Gasteiger partial charge in [0.1, 0.15) is 5.75 Å². The molecule has 0 saturated heterocycles. The highest BCUT2D eigenvalue weighted by Gasteiger charge is 2.14. The SMILES string of the molecule is CCCOc1ccc(C(=O)Nc2cccc(C(=O)OCC)c2C)cc1. The number of benzene rings is 2. The topological polar surface area (TPSA) is 64.6 Å². The van der Waals surface area contributed by atoms with E-state index in [0.717, 1.165) is 12.2 Å². The van der Waals surface area contributed by atoms with Crippen LogP contribution in [0.3, 0.4) is 0 Å². The molecular formula is C20H23NO4. The maximum atomic E-state index is 12.4. The highest BCUT2D eigenvalue weighted by Crippen LogP contribution is 2.21. The van der Waals surface area contributed by atoms with E-state index < -0.39 is 5.97 Å². The molecule has 0 unspecified atom stereocenters. The van der Waals surface area contributed by atoms with Gasteiger partial charge in [-0.3, -0.25) is 4.79 Å². The van der Waals surface area contributed by atoms with Gasteiger partial charge in [-0.2, -0.15) is 0 Å². The van der Waals surface area contributed by atoms with Crippen molar-refractivity contribution >= 4 is 17.6 Å². The second-order valence-electron chi connectivity index (χ2n) is 5.53. The Hall–Kier alpha value is -2.82. The van der Waals surface area contributed by atoms with Gasteiger partial charge in [-0.05, 0) is 62.2 Å². The monoisotopic (exact) mass is 341 g/mol. The van der Waals surface area contributed by atoms with Crippen LogP contribution in [0.25, 0.3) is 0 Å². The summed E-state index contributed by atoms with van der Waals surface area (Å²) >= 11 is 0. The molecule has 0 radical (unpaired) electrons. The van der Waals surface area contributed by atoms with E-state index in [4.69, 9.17) is 9.47 Å². The smallest absolute Gasteiger partial charge is 0.338 e. The molecule has 0 bridgehead atoms. The highest BCUT2D eigenvalue weighted by molar-refractivity contribution is 6.05. The zero-order valence-electron chi connectivity index (χ0n) is 14.8. The van der Waals surface area contributed by atoms with Gasteiger partial charge in [-0.25, -0.2) is 4.79 Å². The van der Waals surface area contributed by atoms with Gasteiger partial charge in [-0.15, -0.1) is 0 Å². The maximum absolute atomic E-state index is 12.4. The lowest BCUT2D eigenvalue weighted by molar-refractivity contribution is 0.0525. The molecule has 2 aromatic rings. The minimum absolute atomic E-state index is 0.244. The number of hydrogen-bond donors (Lipinski definition) is 1. The molecule has 0 atom stereocenters. The molecule has 2 aromatic carbocycles. The van der Waals surface area contributed by atoms with Crippen LogP contribution in [0.4, 0.5) is 5.69 Å². The average Bonchev–Trinajstić information content (AvgIpc) is 2.62. The van der Waals surface area contributed by atoms with Crippen LogP contribution < -0.4 is 10.1 Å². The summed E-state index contributed by atoms with van der Waals surface area (Å²) in [4.78, 5) is 24.4. The zero-order valence-corrected chi connectivity index (χ0v) is 14.8. The molecule has 2 rings (SSSR count). The van der Waals surface area contributed by atoms with Gasteiger partial charge in [0.2, 0.25) is 0 Å². The van der Waals surface area contributed by atoms with Crippen LogP contribution >= 0.6 is 0 Å². The fraction of sp³-hybridized carbons (Fsp3) is 0.300. The van der Waals surface area contributed by atoms with Crippen LogP contribution in [0, 0.1) is 6.92 Å². The summed E-state index contributed by atoms with van der Waals surface area (Å²) in [5.41, 5.74) is 2.23. The molecule has 0 fully saturated rings. The Morgan fingerprint density at radius 2 is 1.76 bits per heavy atom. The number of rotatable bonds is 7. The quantitative estimate of drug-likeness (QED) is 0.766. The number of hydrogen-bond acceptors (Lipinski definition) is 4. The number of ether oxygens (including phenoxy) is 2. The van der Waals surface area contributed by atoms with Crippen LogP contribution in [0.1, 0.15) is 46.5 Å². The lowest BCUT2D eigenvalue weighted by Gasteiger charge is -2.12. The van der Waals surface area contributed by atoms with Gasteiger partial charge in [0.25, 0.3) is 5.91 Å². The highest BCUT2D eigenvalue weighted by atomic mass is 16.5. The van der Waals surface area contributed by atoms with Gasteiger partial charge < -0.3 is 14.8 Å². The number of amides is 1. The third-order valence-corrected chi connectivity index (χ3v) is 3.67. The molecule has 0 aliphatic carbocycles. The number of carbonyl (C=O) groups excluding carboxylic acids is 2. The summed E-state index contributed by atoms with van der Waals surface area (Å²) in [6.07, 6.45) is 0.929. The van der Waals surface area contributed by atoms with Crippen molar-refractivity contribution in [3.63, 3.8) is 0 Å². The van der Waals surface area contributed by atoms with Gasteiger partial charge >= 0.3 is 5.97 Å². The summed E-state index contributed by atoms with van der Waals surface area (Å²) < 4.78 is 10.5. The normalized spacial score (nSPS) is 10.2. The lowest BCUT2D eigenvalue weighted by atomic mass is 10.1. The number of anilines is 1. The summed E-state index contributed by atoms with van der Waals surface area (Å²) in [6.45, 7) is 6.53.